The first-order valence-corrected chi connectivity index (χ1v) is 8.16. The molecule has 1 unspecified atom stereocenters. The molecule has 106 valence electrons. The van der Waals surface area contributed by atoms with Gasteiger partial charge in [0.25, 0.3) is 0 Å². The van der Waals surface area contributed by atoms with Gasteiger partial charge in [0.15, 0.2) is 0 Å². The molecule has 0 aliphatic rings. The van der Waals surface area contributed by atoms with E-state index < -0.39 is 13.5 Å². The second-order valence-corrected chi connectivity index (χ2v) is 6.52. The maximum Gasteiger partial charge on any atom is 0.320 e. The Bertz CT molecular complexity index is 666. The summed E-state index contributed by atoms with van der Waals surface area (Å²) in [5.74, 6) is 0.0277. The molecule has 0 radical (unpaired) electrons. The number of fused-ring (bicyclic) bond motifs is 1. The minimum absolute atomic E-state index is 0.158. The maximum absolute atomic E-state index is 12.3. The van der Waals surface area contributed by atoms with Gasteiger partial charge in [-0.3, -0.25) is 9.36 Å². The van der Waals surface area contributed by atoms with Crippen molar-refractivity contribution in [3.8, 4) is 5.75 Å². The average molecular weight is 293 g/mol. The molecule has 0 aromatic heterocycles. The van der Waals surface area contributed by atoms with E-state index in [9.17, 15) is 9.36 Å². The molecule has 6 heteroatoms. The van der Waals surface area contributed by atoms with E-state index in [1.165, 1.54) is 13.8 Å². The van der Waals surface area contributed by atoms with Crippen LogP contribution in [0.15, 0.2) is 42.5 Å². The van der Waals surface area contributed by atoms with Crippen LogP contribution in [0.4, 0.5) is 0 Å². The Morgan fingerprint density at radius 3 is 2.65 bits per heavy atom. The minimum Gasteiger partial charge on any atom is -0.468 e. The SMILES string of the molecule is COC(=O)CNP(C)(=O)Oc1cccc2ccccc12. The fourth-order valence-electron chi connectivity index (χ4n) is 1.78. The molecule has 0 aliphatic carbocycles. The van der Waals surface area contributed by atoms with Gasteiger partial charge < -0.3 is 9.26 Å². The number of ether oxygens (including phenoxy) is 1. The fraction of sp³-hybridized carbons (Fsp3) is 0.214. The fourth-order valence-corrected chi connectivity index (χ4v) is 2.79. The summed E-state index contributed by atoms with van der Waals surface area (Å²) in [6, 6.07) is 13.2. The summed E-state index contributed by atoms with van der Waals surface area (Å²) in [5, 5.41) is 4.45. The molecule has 2 aromatic carbocycles. The standard InChI is InChI=1S/C14H16NO4P/c1-18-14(16)10-15-20(2,17)19-13-9-5-7-11-6-3-4-8-12(11)13/h3-9H,10H2,1-2H3,(H,15,17). The van der Waals surface area contributed by atoms with E-state index in [2.05, 4.69) is 9.82 Å². The van der Waals surface area contributed by atoms with E-state index >= 15 is 0 Å². The van der Waals surface area contributed by atoms with Crippen molar-refractivity contribution in [3.63, 3.8) is 0 Å². The average Bonchev–Trinajstić information content (AvgIpc) is 2.45. The van der Waals surface area contributed by atoms with Gasteiger partial charge >= 0.3 is 13.5 Å². The third kappa shape index (κ3) is 3.59. The maximum atomic E-state index is 12.3. The number of benzene rings is 2. The van der Waals surface area contributed by atoms with Gasteiger partial charge in [-0.15, -0.1) is 0 Å². The first kappa shape index (κ1) is 14.6. The predicted molar refractivity (Wildman–Crippen MR) is 78.1 cm³/mol. The number of nitrogens with one attached hydrogen (secondary N) is 1. The zero-order chi connectivity index (χ0) is 14.6. The Morgan fingerprint density at radius 1 is 1.20 bits per heavy atom. The summed E-state index contributed by atoms with van der Waals surface area (Å²) in [6.07, 6.45) is 0. The molecular formula is C14H16NO4P. The quantitative estimate of drug-likeness (QED) is 0.678. The van der Waals surface area contributed by atoms with E-state index in [1.54, 1.807) is 6.07 Å². The van der Waals surface area contributed by atoms with Gasteiger partial charge in [-0.05, 0) is 11.5 Å². The van der Waals surface area contributed by atoms with Crippen LogP contribution in [-0.2, 0) is 14.1 Å². The van der Waals surface area contributed by atoms with E-state index in [0.29, 0.717) is 5.75 Å². The molecule has 0 fully saturated rings. The predicted octanol–water partition coefficient (Wildman–Crippen LogP) is 2.80. The lowest BCUT2D eigenvalue weighted by molar-refractivity contribution is -0.139. The van der Waals surface area contributed by atoms with Gasteiger partial charge in [0.1, 0.15) is 12.3 Å². The van der Waals surface area contributed by atoms with Crippen molar-refractivity contribution in [1.82, 2.24) is 5.09 Å². The van der Waals surface area contributed by atoms with Gasteiger partial charge in [0.2, 0.25) is 0 Å². The highest BCUT2D eigenvalue weighted by Gasteiger charge is 2.19. The Kier molecular flexibility index (Phi) is 4.42. The molecule has 2 aromatic rings. The normalized spacial score (nSPS) is 13.7. The van der Waals surface area contributed by atoms with Gasteiger partial charge in [-0.25, -0.2) is 5.09 Å². The lowest BCUT2D eigenvalue weighted by atomic mass is 10.1. The summed E-state index contributed by atoms with van der Waals surface area (Å²) in [7, 11) is -1.86. The van der Waals surface area contributed by atoms with Gasteiger partial charge in [-0.2, -0.15) is 0 Å². The summed E-state index contributed by atoms with van der Waals surface area (Å²) >= 11 is 0. The molecule has 2 rings (SSSR count). The highest BCUT2D eigenvalue weighted by Crippen LogP contribution is 2.41. The second-order valence-electron chi connectivity index (χ2n) is 4.33. The molecule has 0 aliphatic heterocycles. The van der Waals surface area contributed by atoms with Crippen molar-refractivity contribution in [2.24, 2.45) is 0 Å². The zero-order valence-electron chi connectivity index (χ0n) is 11.3. The van der Waals surface area contributed by atoms with Gasteiger partial charge in [-0.1, -0.05) is 36.4 Å². The number of rotatable bonds is 5. The van der Waals surface area contributed by atoms with Crippen molar-refractivity contribution < 1.29 is 18.6 Å². The number of methoxy groups -OCH3 is 1. The number of carbonyl (C=O) groups excluding carboxylic acids is 1. The Hall–Kier alpha value is -1.84. The van der Waals surface area contributed by atoms with Crippen LogP contribution in [0.1, 0.15) is 0 Å². The van der Waals surface area contributed by atoms with Crippen LogP contribution in [0, 0.1) is 0 Å². The number of esters is 1. The van der Waals surface area contributed by atoms with Crippen molar-refractivity contribution in [2.45, 2.75) is 0 Å². The molecule has 0 bridgehead atoms. The molecule has 1 N–H and O–H groups in total. The van der Waals surface area contributed by atoms with Crippen LogP contribution in [0.25, 0.3) is 10.8 Å². The van der Waals surface area contributed by atoms with Crippen LogP contribution in [0.5, 0.6) is 5.75 Å². The van der Waals surface area contributed by atoms with E-state index in [0.717, 1.165) is 10.8 Å². The molecule has 0 heterocycles. The second kappa shape index (κ2) is 6.07. The van der Waals surface area contributed by atoms with Crippen molar-refractivity contribution in [2.75, 3.05) is 20.3 Å². The molecule has 0 amide bonds. The zero-order valence-corrected chi connectivity index (χ0v) is 12.2. The smallest absolute Gasteiger partial charge is 0.320 e. The molecule has 1 atom stereocenters. The van der Waals surface area contributed by atoms with Gasteiger partial charge in [0.05, 0.1) is 7.11 Å². The highest BCUT2D eigenvalue weighted by molar-refractivity contribution is 7.56. The number of hydrogen-bond donors (Lipinski definition) is 1. The molecular weight excluding hydrogens is 277 g/mol. The Morgan fingerprint density at radius 2 is 1.90 bits per heavy atom. The van der Waals surface area contributed by atoms with E-state index in [4.69, 9.17) is 4.52 Å². The first-order valence-electron chi connectivity index (χ1n) is 6.09. The molecule has 0 saturated heterocycles. The number of hydrogen-bond acceptors (Lipinski definition) is 4. The number of carbonyl (C=O) groups is 1. The third-order valence-electron chi connectivity index (χ3n) is 2.76. The summed E-state index contributed by atoms with van der Waals surface area (Å²) in [6.45, 7) is 1.27. The van der Waals surface area contributed by atoms with Crippen molar-refractivity contribution in [1.29, 1.82) is 0 Å². The van der Waals surface area contributed by atoms with E-state index in [1.807, 2.05) is 36.4 Å². The Labute approximate surface area is 117 Å². The molecule has 0 saturated carbocycles. The summed E-state index contributed by atoms with van der Waals surface area (Å²) in [5.41, 5.74) is 0. The topological polar surface area (TPSA) is 64.6 Å². The van der Waals surface area contributed by atoms with E-state index in [-0.39, 0.29) is 6.54 Å². The monoisotopic (exact) mass is 293 g/mol. The van der Waals surface area contributed by atoms with Crippen LogP contribution in [0.2, 0.25) is 0 Å². The highest BCUT2D eigenvalue weighted by atomic mass is 31.2. The minimum atomic E-state index is -3.14. The lowest BCUT2D eigenvalue weighted by Gasteiger charge is -2.17. The van der Waals surface area contributed by atoms with Crippen molar-refractivity contribution in [3.05, 3.63) is 42.5 Å². The van der Waals surface area contributed by atoms with Crippen LogP contribution < -0.4 is 9.61 Å². The van der Waals surface area contributed by atoms with Crippen LogP contribution in [0.3, 0.4) is 0 Å². The Balaban J connectivity index is 2.19. The first-order chi connectivity index (χ1) is 9.52. The summed E-state index contributed by atoms with van der Waals surface area (Å²) in [4.78, 5) is 11.1. The van der Waals surface area contributed by atoms with Gasteiger partial charge in [0, 0.05) is 12.1 Å². The largest absolute Gasteiger partial charge is 0.468 e. The molecule has 5 nitrogen and oxygen atoms in total. The lowest BCUT2D eigenvalue weighted by Crippen LogP contribution is -2.23. The molecule has 20 heavy (non-hydrogen) atoms. The molecule has 0 spiro atoms. The van der Waals surface area contributed by atoms with Crippen LogP contribution >= 0.6 is 7.52 Å². The summed E-state index contributed by atoms with van der Waals surface area (Å²) < 4.78 is 22.3. The van der Waals surface area contributed by atoms with Crippen molar-refractivity contribution >= 4 is 24.3 Å². The van der Waals surface area contributed by atoms with Crippen LogP contribution in [-0.4, -0.2) is 26.3 Å². The third-order valence-corrected chi connectivity index (χ3v) is 4.04.